The Morgan fingerprint density at radius 1 is 1.05 bits per heavy atom. The number of aliphatic hydroxyl groups is 1. The van der Waals surface area contributed by atoms with Gasteiger partial charge in [0.1, 0.15) is 5.75 Å². The maximum absolute atomic E-state index is 13.0. The third-order valence-electron chi connectivity index (χ3n) is 6.90. The molecule has 7 nitrogen and oxygen atoms in total. The number of alkyl halides is 3. The Morgan fingerprint density at radius 3 is 2.24 bits per heavy atom. The van der Waals surface area contributed by atoms with Crippen LogP contribution in [0.1, 0.15) is 58.1 Å². The average molecular weight is 617 g/mol. The van der Waals surface area contributed by atoms with Gasteiger partial charge in [0.05, 0.1) is 34.6 Å². The third-order valence-corrected chi connectivity index (χ3v) is 9.75. The molecule has 0 bridgehead atoms. The Kier molecular flexibility index (Phi) is 8.40. The molecule has 12 heteroatoms. The number of halogens is 3. The van der Waals surface area contributed by atoms with Gasteiger partial charge in [-0.05, 0) is 72.9 Å². The predicted molar refractivity (Wildman–Crippen MR) is 153 cm³/mol. The highest BCUT2D eigenvalue weighted by Gasteiger charge is 2.32. The van der Waals surface area contributed by atoms with Crippen LogP contribution in [0.15, 0.2) is 77.7 Å². The molecule has 3 aromatic carbocycles. The number of ether oxygens (including phenoxy) is 1. The van der Waals surface area contributed by atoms with Crippen LogP contribution in [0.5, 0.6) is 10.9 Å². The standard InChI is InChI=1S/C30H27F3N2O5S2/c1-2-42(38,39)24-15-9-18(10-16-24)25(17-36)34-28(37)21-7-3-19(4-8-21)26-27(20-5-6-20)41-29(35-26)40-23-13-11-22(12-14-23)30(31,32)33/h3-4,7-16,20,25,36H,2,5-6,17H2,1H3,(H,34,37)/t25-/m0/s1. The van der Waals surface area contributed by atoms with E-state index in [-0.39, 0.29) is 23.0 Å². The molecule has 4 aromatic rings. The summed E-state index contributed by atoms with van der Waals surface area (Å²) in [6.45, 7) is 1.18. The van der Waals surface area contributed by atoms with E-state index in [2.05, 4.69) is 10.3 Å². The van der Waals surface area contributed by atoms with Crippen molar-refractivity contribution in [1.29, 1.82) is 0 Å². The molecule has 1 heterocycles. The van der Waals surface area contributed by atoms with Gasteiger partial charge in [0.25, 0.3) is 11.1 Å². The second-order valence-corrected chi connectivity index (χ2v) is 13.1. The normalized spacial score (nSPS) is 14.4. The van der Waals surface area contributed by atoms with Crippen LogP contribution in [-0.4, -0.2) is 36.8 Å². The number of aromatic nitrogens is 1. The average Bonchev–Trinajstić information content (AvgIpc) is 3.75. The topological polar surface area (TPSA) is 106 Å². The number of sulfone groups is 1. The fraction of sp³-hybridized carbons (Fsp3) is 0.267. The van der Waals surface area contributed by atoms with Crippen LogP contribution in [-0.2, 0) is 16.0 Å². The summed E-state index contributed by atoms with van der Waals surface area (Å²) in [6, 6.07) is 16.6. The summed E-state index contributed by atoms with van der Waals surface area (Å²) in [5, 5.41) is 13.0. The van der Waals surface area contributed by atoms with Crippen molar-refractivity contribution in [3.63, 3.8) is 0 Å². The largest absolute Gasteiger partial charge is 0.431 e. The van der Waals surface area contributed by atoms with Gasteiger partial charge < -0.3 is 15.2 Å². The van der Waals surface area contributed by atoms with Crippen molar-refractivity contribution in [2.75, 3.05) is 12.4 Å². The van der Waals surface area contributed by atoms with Crippen LogP contribution in [0.4, 0.5) is 13.2 Å². The Hall–Kier alpha value is -3.74. The Bertz CT molecular complexity index is 1660. The molecule has 0 aliphatic heterocycles. The molecule has 0 spiro atoms. The van der Waals surface area contributed by atoms with Gasteiger partial charge in [-0.3, -0.25) is 4.79 Å². The Balaban J connectivity index is 1.30. The number of nitrogens with one attached hydrogen (secondary N) is 1. The smallest absolute Gasteiger partial charge is 0.416 e. The fourth-order valence-electron chi connectivity index (χ4n) is 4.33. The number of aliphatic hydroxyl groups excluding tert-OH is 1. The van der Waals surface area contributed by atoms with Crippen molar-refractivity contribution in [2.24, 2.45) is 0 Å². The number of amides is 1. The van der Waals surface area contributed by atoms with E-state index < -0.39 is 33.5 Å². The zero-order valence-electron chi connectivity index (χ0n) is 22.4. The van der Waals surface area contributed by atoms with Crippen LogP contribution in [0.25, 0.3) is 11.3 Å². The van der Waals surface area contributed by atoms with Crippen molar-refractivity contribution < 1.29 is 36.2 Å². The minimum Gasteiger partial charge on any atom is -0.431 e. The molecule has 0 saturated heterocycles. The number of hydrogen-bond acceptors (Lipinski definition) is 7. The molecule has 0 unspecified atom stereocenters. The van der Waals surface area contributed by atoms with Gasteiger partial charge in [0.2, 0.25) is 0 Å². The van der Waals surface area contributed by atoms with Gasteiger partial charge in [-0.2, -0.15) is 13.2 Å². The molecule has 5 rings (SSSR count). The minimum atomic E-state index is -4.43. The Labute approximate surface area is 244 Å². The molecule has 1 amide bonds. The van der Waals surface area contributed by atoms with Gasteiger partial charge in [-0.15, -0.1) is 0 Å². The molecule has 0 radical (unpaired) electrons. The SMILES string of the molecule is CCS(=O)(=O)c1ccc([C@H](CO)NC(=O)c2ccc(-c3nc(Oc4ccc(C(F)(F)F)cc4)sc3C3CC3)cc2)cc1. The Morgan fingerprint density at radius 2 is 1.69 bits per heavy atom. The van der Waals surface area contributed by atoms with E-state index in [0.29, 0.717) is 27.9 Å². The second-order valence-electron chi connectivity index (χ2n) is 9.85. The molecule has 220 valence electrons. The number of hydrogen-bond donors (Lipinski definition) is 2. The lowest BCUT2D eigenvalue weighted by molar-refractivity contribution is -0.137. The van der Waals surface area contributed by atoms with Crippen LogP contribution >= 0.6 is 11.3 Å². The molecule has 1 aromatic heterocycles. The van der Waals surface area contributed by atoms with Crippen molar-refractivity contribution in [3.8, 4) is 22.2 Å². The molecule has 42 heavy (non-hydrogen) atoms. The molecular formula is C30H27F3N2O5S2. The first-order chi connectivity index (χ1) is 20.0. The zero-order chi connectivity index (χ0) is 30.1. The molecule has 1 aliphatic rings. The van der Waals surface area contributed by atoms with Gasteiger partial charge in [0, 0.05) is 16.0 Å². The first-order valence-electron chi connectivity index (χ1n) is 13.2. The molecule has 1 atom stereocenters. The van der Waals surface area contributed by atoms with Crippen LogP contribution < -0.4 is 10.1 Å². The summed E-state index contributed by atoms with van der Waals surface area (Å²) in [5.74, 6) is 0.129. The first-order valence-corrected chi connectivity index (χ1v) is 15.7. The van der Waals surface area contributed by atoms with E-state index in [1.54, 1.807) is 43.3 Å². The summed E-state index contributed by atoms with van der Waals surface area (Å²) >= 11 is 1.35. The van der Waals surface area contributed by atoms with Crippen molar-refractivity contribution >= 4 is 27.1 Å². The minimum absolute atomic E-state index is 0.0287. The highest BCUT2D eigenvalue weighted by Crippen LogP contribution is 2.49. The summed E-state index contributed by atoms with van der Waals surface area (Å²) in [7, 11) is -3.37. The highest BCUT2D eigenvalue weighted by atomic mass is 32.2. The van der Waals surface area contributed by atoms with Crippen molar-refractivity contribution in [1.82, 2.24) is 10.3 Å². The van der Waals surface area contributed by atoms with Gasteiger partial charge >= 0.3 is 6.18 Å². The van der Waals surface area contributed by atoms with Gasteiger partial charge in [-0.1, -0.05) is 42.5 Å². The molecule has 1 fully saturated rings. The summed E-state index contributed by atoms with van der Waals surface area (Å²) in [5.41, 5.74) is 1.62. The maximum Gasteiger partial charge on any atom is 0.416 e. The van der Waals surface area contributed by atoms with Crippen LogP contribution in [0.2, 0.25) is 0 Å². The molecule has 1 saturated carbocycles. The van der Waals surface area contributed by atoms with Gasteiger partial charge in [-0.25, -0.2) is 13.4 Å². The number of nitrogens with zero attached hydrogens (tertiary/aromatic N) is 1. The summed E-state index contributed by atoms with van der Waals surface area (Å²) in [4.78, 5) is 18.8. The van der Waals surface area contributed by atoms with Crippen molar-refractivity contribution in [2.45, 2.75) is 42.8 Å². The third kappa shape index (κ3) is 6.66. The van der Waals surface area contributed by atoms with E-state index in [1.807, 2.05) is 0 Å². The van der Waals surface area contributed by atoms with E-state index in [1.165, 1.54) is 35.6 Å². The fourth-order valence-corrected chi connectivity index (χ4v) is 6.34. The molecule has 2 N–H and O–H groups in total. The predicted octanol–water partition coefficient (Wildman–Crippen LogP) is 6.76. The zero-order valence-corrected chi connectivity index (χ0v) is 24.0. The molecular weight excluding hydrogens is 589 g/mol. The monoisotopic (exact) mass is 616 g/mol. The number of thiazole rings is 1. The lowest BCUT2D eigenvalue weighted by Gasteiger charge is -2.17. The van der Waals surface area contributed by atoms with Gasteiger partial charge in [0.15, 0.2) is 9.84 Å². The highest BCUT2D eigenvalue weighted by molar-refractivity contribution is 7.91. The van der Waals surface area contributed by atoms with E-state index >= 15 is 0 Å². The van der Waals surface area contributed by atoms with E-state index in [9.17, 15) is 31.5 Å². The van der Waals surface area contributed by atoms with Crippen molar-refractivity contribution in [3.05, 3.63) is 94.4 Å². The van der Waals surface area contributed by atoms with E-state index in [4.69, 9.17) is 4.74 Å². The number of carbonyl (C=O) groups excluding carboxylic acids is 1. The quantitative estimate of drug-likeness (QED) is 0.204. The summed E-state index contributed by atoms with van der Waals surface area (Å²) < 4.78 is 68.5. The van der Waals surface area contributed by atoms with E-state index in [0.717, 1.165) is 35.4 Å². The first kappa shape index (κ1) is 29.7. The summed E-state index contributed by atoms with van der Waals surface area (Å²) in [6.07, 6.45) is -2.42. The van der Waals surface area contributed by atoms with Crippen LogP contribution in [0, 0.1) is 0 Å². The maximum atomic E-state index is 13.0. The van der Waals surface area contributed by atoms with Crippen LogP contribution in [0.3, 0.4) is 0 Å². The molecule has 1 aliphatic carbocycles. The number of rotatable bonds is 10. The number of benzene rings is 3. The lowest BCUT2D eigenvalue weighted by Crippen LogP contribution is -2.30. The second kappa shape index (κ2) is 11.9. The number of carbonyl (C=O) groups is 1. The lowest BCUT2D eigenvalue weighted by atomic mass is 10.0.